The molecular formula is C16H13N3. The molecule has 2 aromatic heterocycles. The molecule has 0 aromatic carbocycles. The van der Waals surface area contributed by atoms with Crippen molar-refractivity contribution in [2.75, 3.05) is 0 Å². The summed E-state index contributed by atoms with van der Waals surface area (Å²) in [4.78, 5) is 13.0. The van der Waals surface area contributed by atoms with E-state index in [4.69, 9.17) is 0 Å². The van der Waals surface area contributed by atoms with Crippen LogP contribution in [0.4, 0.5) is 0 Å². The fourth-order valence-corrected chi connectivity index (χ4v) is 1.86. The van der Waals surface area contributed by atoms with Crippen molar-refractivity contribution >= 4 is 6.08 Å². The second-order valence-electron chi connectivity index (χ2n) is 4.23. The molecule has 1 aliphatic rings. The molecule has 0 saturated carbocycles. The third kappa shape index (κ3) is 2.83. The van der Waals surface area contributed by atoms with E-state index in [1.54, 1.807) is 12.4 Å². The lowest BCUT2D eigenvalue weighted by atomic mass is 10.2. The Kier molecular flexibility index (Phi) is 3.28. The fraction of sp³-hybridized carbons (Fsp3) is 0.0625. The molecule has 19 heavy (non-hydrogen) atoms. The lowest BCUT2D eigenvalue weighted by Crippen LogP contribution is -1.92. The second-order valence-corrected chi connectivity index (χ2v) is 4.23. The van der Waals surface area contributed by atoms with Crippen LogP contribution in [0.1, 0.15) is 12.1 Å². The van der Waals surface area contributed by atoms with Gasteiger partial charge in [0.2, 0.25) is 0 Å². The molecule has 0 radical (unpaired) electrons. The van der Waals surface area contributed by atoms with Gasteiger partial charge in [-0.05, 0) is 36.3 Å². The molecule has 0 unspecified atom stereocenters. The minimum atomic E-state index is 0.654. The van der Waals surface area contributed by atoms with E-state index in [0.29, 0.717) is 5.82 Å². The Balaban J connectivity index is 1.84. The topological polar surface area (TPSA) is 38.7 Å². The molecule has 0 atom stereocenters. The summed E-state index contributed by atoms with van der Waals surface area (Å²) in [5.41, 5.74) is 2.97. The lowest BCUT2D eigenvalue weighted by molar-refractivity contribution is 1.13. The quantitative estimate of drug-likeness (QED) is 0.834. The Bertz CT molecular complexity index is 655. The van der Waals surface area contributed by atoms with E-state index in [9.17, 15) is 0 Å². The van der Waals surface area contributed by atoms with E-state index in [1.165, 1.54) is 5.57 Å². The van der Waals surface area contributed by atoms with Crippen molar-refractivity contribution in [1.82, 2.24) is 15.0 Å². The van der Waals surface area contributed by atoms with Crippen LogP contribution in [-0.2, 0) is 0 Å². The molecule has 92 valence electrons. The number of hydrogen-bond donors (Lipinski definition) is 0. The van der Waals surface area contributed by atoms with Crippen LogP contribution in [0.5, 0.6) is 0 Å². The predicted octanol–water partition coefficient (Wildman–Crippen LogP) is 3.44. The molecule has 0 amide bonds. The molecular weight excluding hydrogens is 234 g/mol. The Morgan fingerprint density at radius 2 is 2.00 bits per heavy atom. The highest BCUT2D eigenvalue weighted by molar-refractivity contribution is 5.55. The molecule has 0 spiro atoms. The van der Waals surface area contributed by atoms with Crippen molar-refractivity contribution in [1.29, 1.82) is 0 Å². The standard InChI is InChI=1S/C16H13N3/c1-2-6-13(5-1)8-9-14-10-12-18-16(19-14)15-7-3-4-11-17-15/h1-5,7-12H,6H2/b9-8+. The SMILES string of the molecule is C1=CCC(/C=C/c2ccnc(-c3ccccn3)n2)=C1. The van der Waals surface area contributed by atoms with E-state index in [0.717, 1.165) is 17.8 Å². The average molecular weight is 247 g/mol. The van der Waals surface area contributed by atoms with Crippen LogP contribution in [0, 0.1) is 0 Å². The van der Waals surface area contributed by atoms with Gasteiger partial charge in [0, 0.05) is 12.4 Å². The van der Waals surface area contributed by atoms with Gasteiger partial charge in [-0.1, -0.05) is 30.4 Å². The highest BCUT2D eigenvalue weighted by Gasteiger charge is 2.02. The van der Waals surface area contributed by atoms with Crippen LogP contribution in [0.2, 0.25) is 0 Å². The highest BCUT2D eigenvalue weighted by Crippen LogP contribution is 2.15. The van der Waals surface area contributed by atoms with Gasteiger partial charge in [-0.15, -0.1) is 0 Å². The fourth-order valence-electron chi connectivity index (χ4n) is 1.86. The summed E-state index contributed by atoms with van der Waals surface area (Å²) in [7, 11) is 0. The van der Waals surface area contributed by atoms with E-state index in [1.807, 2.05) is 30.3 Å². The van der Waals surface area contributed by atoms with E-state index in [2.05, 4.69) is 39.3 Å². The number of pyridine rings is 1. The molecule has 3 nitrogen and oxygen atoms in total. The number of nitrogens with zero attached hydrogens (tertiary/aromatic N) is 3. The van der Waals surface area contributed by atoms with Crippen LogP contribution < -0.4 is 0 Å². The normalized spacial score (nSPS) is 14.0. The van der Waals surface area contributed by atoms with Gasteiger partial charge < -0.3 is 0 Å². The summed E-state index contributed by atoms with van der Waals surface area (Å²) in [5.74, 6) is 0.654. The smallest absolute Gasteiger partial charge is 0.178 e. The summed E-state index contributed by atoms with van der Waals surface area (Å²) in [6.45, 7) is 0. The molecule has 0 N–H and O–H groups in total. The van der Waals surface area contributed by atoms with Gasteiger partial charge in [-0.25, -0.2) is 9.97 Å². The van der Waals surface area contributed by atoms with Crippen molar-refractivity contribution in [3.05, 3.63) is 72.2 Å². The van der Waals surface area contributed by atoms with E-state index < -0.39 is 0 Å². The molecule has 3 heteroatoms. The first-order chi connectivity index (χ1) is 9.42. The Morgan fingerprint density at radius 1 is 1.00 bits per heavy atom. The second kappa shape index (κ2) is 5.40. The molecule has 1 aliphatic carbocycles. The van der Waals surface area contributed by atoms with Crippen LogP contribution >= 0.6 is 0 Å². The first kappa shape index (κ1) is 11.5. The minimum absolute atomic E-state index is 0.654. The van der Waals surface area contributed by atoms with Crippen molar-refractivity contribution in [2.24, 2.45) is 0 Å². The zero-order valence-corrected chi connectivity index (χ0v) is 10.4. The maximum atomic E-state index is 4.50. The highest BCUT2D eigenvalue weighted by atomic mass is 14.9. The van der Waals surface area contributed by atoms with Crippen molar-refractivity contribution in [3.63, 3.8) is 0 Å². The number of rotatable bonds is 3. The predicted molar refractivity (Wildman–Crippen MR) is 76.1 cm³/mol. The number of aromatic nitrogens is 3. The minimum Gasteiger partial charge on any atom is -0.253 e. The average Bonchev–Trinajstić information content (AvgIpc) is 3.00. The van der Waals surface area contributed by atoms with Crippen molar-refractivity contribution in [3.8, 4) is 11.5 Å². The zero-order valence-electron chi connectivity index (χ0n) is 10.4. The van der Waals surface area contributed by atoms with Crippen LogP contribution in [0.25, 0.3) is 17.6 Å². The summed E-state index contributed by atoms with van der Waals surface area (Å²) in [6, 6.07) is 7.62. The van der Waals surface area contributed by atoms with Crippen molar-refractivity contribution in [2.45, 2.75) is 6.42 Å². The van der Waals surface area contributed by atoms with Crippen LogP contribution in [0.15, 0.2) is 66.5 Å². The largest absolute Gasteiger partial charge is 0.253 e. The summed E-state index contributed by atoms with van der Waals surface area (Å²) in [5, 5.41) is 0. The van der Waals surface area contributed by atoms with Gasteiger partial charge in [-0.2, -0.15) is 0 Å². The first-order valence-electron chi connectivity index (χ1n) is 6.20. The van der Waals surface area contributed by atoms with Gasteiger partial charge in [0.25, 0.3) is 0 Å². The Labute approximate surface area is 112 Å². The summed E-state index contributed by atoms with van der Waals surface area (Å²) >= 11 is 0. The molecule has 2 aromatic rings. The summed E-state index contributed by atoms with van der Waals surface area (Å²) < 4.78 is 0. The monoisotopic (exact) mass is 247 g/mol. The maximum absolute atomic E-state index is 4.50. The van der Waals surface area contributed by atoms with E-state index in [-0.39, 0.29) is 0 Å². The molecule has 0 fully saturated rings. The van der Waals surface area contributed by atoms with Gasteiger partial charge in [0.05, 0.1) is 5.69 Å². The zero-order chi connectivity index (χ0) is 12.9. The molecule has 0 aliphatic heterocycles. The molecule has 0 saturated heterocycles. The van der Waals surface area contributed by atoms with Gasteiger partial charge in [0.1, 0.15) is 5.69 Å². The van der Waals surface area contributed by atoms with Crippen LogP contribution in [-0.4, -0.2) is 15.0 Å². The third-order valence-corrected chi connectivity index (χ3v) is 2.84. The summed E-state index contributed by atoms with van der Waals surface area (Å²) in [6.07, 6.45) is 14.9. The van der Waals surface area contributed by atoms with Crippen molar-refractivity contribution < 1.29 is 0 Å². The molecule has 0 bridgehead atoms. The van der Waals surface area contributed by atoms with Gasteiger partial charge >= 0.3 is 0 Å². The number of hydrogen-bond acceptors (Lipinski definition) is 3. The number of allylic oxidation sites excluding steroid dienone is 5. The van der Waals surface area contributed by atoms with E-state index >= 15 is 0 Å². The maximum Gasteiger partial charge on any atom is 0.178 e. The first-order valence-corrected chi connectivity index (χ1v) is 6.20. The molecule has 2 heterocycles. The van der Waals surface area contributed by atoms with Gasteiger partial charge in [-0.3, -0.25) is 4.98 Å². The molecule has 3 rings (SSSR count). The lowest BCUT2D eigenvalue weighted by Gasteiger charge is -1.99. The Morgan fingerprint density at radius 3 is 2.79 bits per heavy atom. The third-order valence-electron chi connectivity index (χ3n) is 2.84. The van der Waals surface area contributed by atoms with Gasteiger partial charge in [0.15, 0.2) is 5.82 Å². The van der Waals surface area contributed by atoms with Crippen LogP contribution in [0.3, 0.4) is 0 Å². The Hall–Kier alpha value is -2.55.